The summed E-state index contributed by atoms with van der Waals surface area (Å²) in [6, 6.07) is 0. The minimum Gasteiger partial charge on any atom is -0.276 e. The van der Waals surface area contributed by atoms with Crippen molar-refractivity contribution in [1.82, 2.24) is 9.97 Å². The summed E-state index contributed by atoms with van der Waals surface area (Å²) in [6.45, 7) is 0. The summed E-state index contributed by atoms with van der Waals surface area (Å²) >= 11 is 0. The quantitative estimate of drug-likeness (QED) is 0.487. The van der Waals surface area contributed by atoms with Crippen molar-refractivity contribution in [1.29, 1.82) is 0 Å². The highest BCUT2D eigenvalue weighted by molar-refractivity contribution is 5.60. The Morgan fingerprint density at radius 3 is 3.30 bits per heavy atom. The van der Waals surface area contributed by atoms with Gasteiger partial charge in [0.25, 0.3) is 5.88 Å². The van der Waals surface area contributed by atoms with Crippen molar-refractivity contribution in [2.75, 3.05) is 0 Å². The van der Waals surface area contributed by atoms with Gasteiger partial charge in [0.1, 0.15) is 6.33 Å². The molecule has 2 heterocycles. The van der Waals surface area contributed by atoms with Gasteiger partial charge in [0.05, 0.1) is 6.20 Å². The van der Waals surface area contributed by atoms with Gasteiger partial charge in [-0.05, 0) is 0 Å². The largest absolute Gasteiger partial charge is 0.298 e. The Kier molecular flexibility index (Phi) is 1.00. The van der Waals surface area contributed by atoms with Gasteiger partial charge in [-0.25, -0.2) is 9.98 Å². The van der Waals surface area contributed by atoms with Crippen LogP contribution in [0.15, 0.2) is 17.5 Å². The van der Waals surface area contributed by atoms with Gasteiger partial charge < -0.3 is 0 Å². The van der Waals surface area contributed by atoms with Crippen LogP contribution in [0.5, 0.6) is 5.88 Å². The third kappa shape index (κ3) is 0.680. The highest BCUT2D eigenvalue weighted by atomic mass is 17.2. The first-order valence-corrected chi connectivity index (χ1v) is 2.63. The molecule has 0 N–H and O–H groups in total. The second-order valence-corrected chi connectivity index (χ2v) is 1.63. The lowest BCUT2D eigenvalue weighted by atomic mass is 10.5. The number of aliphatic imine (C=N–C) groups is 1. The van der Waals surface area contributed by atoms with Crippen LogP contribution in [-0.2, 0) is 4.89 Å². The highest BCUT2D eigenvalue weighted by Gasteiger charge is 2.07. The Hall–Kier alpha value is -1.65. The zero-order valence-corrected chi connectivity index (χ0v) is 4.89. The van der Waals surface area contributed by atoms with Crippen LogP contribution in [0.3, 0.4) is 0 Å². The van der Waals surface area contributed by atoms with E-state index >= 15 is 0 Å². The van der Waals surface area contributed by atoms with E-state index in [2.05, 4.69) is 24.7 Å². The van der Waals surface area contributed by atoms with E-state index < -0.39 is 0 Å². The van der Waals surface area contributed by atoms with Gasteiger partial charge in [-0.15, -0.1) is 0 Å². The molecule has 5 nitrogen and oxygen atoms in total. The molecule has 0 atom stereocenters. The summed E-state index contributed by atoms with van der Waals surface area (Å²) in [5.74, 6) is 0.345. The molecule has 2 rings (SSSR count). The smallest absolute Gasteiger partial charge is 0.276 e. The average Bonchev–Trinajstić information content (AvgIpc) is 2.05. The molecule has 0 aliphatic carbocycles. The fraction of sp³-hybridized carbons (Fsp3) is 0. The monoisotopic (exact) mass is 137 g/mol. The Balaban J connectivity index is 2.54. The number of aromatic nitrogens is 2. The molecule has 1 aromatic rings. The van der Waals surface area contributed by atoms with Crippen LogP contribution in [0.4, 0.5) is 5.69 Å². The zero-order valence-electron chi connectivity index (χ0n) is 4.89. The lowest BCUT2D eigenvalue weighted by Crippen LogP contribution is -2.01. The second kappa shape index (κ2) is 1.94. The summed E-state index contributed by atoms with van der Waals surface area (Å²) in [4.78, 5) is 20.3. The van der Waals surface area contributed by atoms with Crippen molar-refractivity contribution in [2.45, 2.75) is 0 Å². The molecule has 50 valence electrons. The van der Waals surface area contributed by atoms with Crippen LogP contribution in [0, 0.1) is 0 Å². The molecule has 1 aromatic heterocycles. The molecule has 0 saturated carbocycles. The number of rotatable bonds is 0. The molecule has 0 saturated heterocycles. The van der Waals surface area contributed by atoms with Crippen molar-refractivity contribution in [2.24, 2.45) is 4.99 Å². The van der Waals surface area contributed by atoms with Gasteiger partial charge in [-0.3, -0.25) is 9.78 Å². The predicted molar refractivity (Wildman–Crippen MR) is 31.9 cm³/mol. The van der Waals surface area contributed by atoms with Crippen molar-refractivity contribution in [3.63, 3.8) is 0 Å². The Morgan fingerprint density at radius 2 is 2.40 bits per heavy atom. The average molecular weight is 137 g/mol. The molecule has 5 heteroatoms. The molecule has 0 fully saturated rings. The topological polar surface area (TPSA) is 56.6 Å². The SMILES string of the molecule is C1=Nc2cncnc2OO1. The molecular formula is C5H3N3O2. The van der Waals surface area contributed by atoms with Gasteiger partial charge in [-0.2, -0.15) is 4.98 Å². The minimum atomic E-state index is 0.345. The number of nitrogens with zero attached hydrogens (tertiary/aromatic N) is 3. The van der Waals surface area contributed by atoms with Crippen LogP contribution in [-0.4, -0.2) is 16.4 Å². The standard InChI is InChI=1S/C5H3N3O2/c1-4-5(7-2-6-1)10-9-3-8-4/h1-3H. The molecule has 0 aromatic carbocycles. The summed E-state index contributed by atoms with van der Waals surface area (Å²) in [6.07, 6.45) is 4.09. The van der Waals surface area contributed by atoms with Crippen LogP contribution in [0.25, 0.3) is 0 Å². The third-order valence-corrected chi connectivity index (χ3v) is 1.02. The van der Waals surface area contributed by atoms with Gasteiger partial charge in [0.2, 0.25) is 6.40 Å². The molecule has 0 bridgehead atoms. The van der Waals surface area contributed by atoms with E-state index in [4.69, 9.17) is 0 Å². The summed E-state index contributed by atoms with van der Waals surface area (Å²) in [5.41, 5.74) is 0.578. The van der Waals surface area contributed by atoms with E-state index in [9.17, 15) is 0 Å². The fourth-order valence-corrected chi connectivity index (χ4v) is 0.609. The molecule has 1 aliphatic rings. The molecular weight excluding hydrogens is 134 g/mol. The predicted octanol–water partition coefficient (Wildman–Crippen LogP) is 0.460. The van der Waals surface area contributed by atoms with Gasteiger partial charge in [-0.1, -0.05) is 0 Å². The summed E-state index contributed by atoms with van der Waals surface area (Å²) < 4.78 is 0. The zero-order chi connectivity index (χ0) is 6.81. The number of hydrogen-bond acceptors (Lipinski definition) is 5. The van der Waals surface area contributed by atoms with E-state index in [1.54, 1.807) is 6.20 Å². The minimum absolute atomic E-state index is 0.345. The van der Waals surface area contributed by atoms with Crippen molar-refractivity contribution in [3.05, 3.63) is 12.5 Å². The fourth-order valence-electron chi connectivity index (χ4n) is 0.609. The lowest BCUT2D eigenvalue weighted by Gasteiger charge is -2.05. The molecule has 1 aliphatic heterocycles. The van der Waals surface area contributed by atoms with E-state index in [-0.39, 0.29) is 0 Å². The number of hydrogen-bond donors (Lipinski definition) is 0. The molecule has 10 heavy (non-hydrogen) atoms. The lowest BCUT2D eigenvalue weighted by molar-refractivity contribution is -0.116. The highest BCUT2D eigenvalue weighted by Crippen LogP contribution is 2.24. The Bertz CT molecular complexity index is 273. The maximum atomic E-state index is 4.62. The molecule has 0 amide bonds. The van der Waals surface area contributed by atoms with E-state index in [1.165, 1.54) is 12.7 Å². The van der Waals surface area contributed by atoms with E-state index in [1.807, 2.05) is 0 Å². The van der Waals surface area contributed by atoms with Crippen molar-refractivity contribution >= 4 is 12.1 Å². The first-order chi connectivity index (χ1) is 4.97. The van der Waals surface area contributed by atoms with Crippen LogP contribution >= 0.6 is 0 Å². The van der Waals surface area contributed by atoms with Crippen LogP contribution in [0.2, 0.25) is 0 Å². The van der Waals surface area contributed by atoms with Gasteiger partial charge >= 0.3 is 0 Å². The summed E-state index contributed by atoms with van der Waals surface area (Å²) in [7, 11) is 0. The van der Waals surface area contributed by atoms with Gasteiger partial charge in [0, 0.05) is 0 Å². The first kappa shape index (κ1) is 5.16. The first-order valence-electron chi connectivity index (χ1n) is 2.63. The molecule has 0 spiro atoms. The molecule has 0 unspecified atom stereocenters. The normalized spacial score (nSPS) is 13.2. The van der Waals surface area contributed by atoms with Crippen LogP contribution in [0.1, 0.15) is 0 Å². The maximum Gasteiger partial charge on any atom is 0.298 e. The van der Waals surface area contributed by atoms with E-state index in [0.29, 0.717) is 11.6 Å². The van der Waals surface area contributed by atoms with Crippen molar-refractivity contribution < 1.29 is 9.78 Å². The maximum absolute atomic E-state index is 4.62. The summed E-state index contributed by atoms with van der Waals surface area (Å²) in [5, 5.41) is 0. The number of fused-ring (bicyclic) bond motifs is 1. The van der Waals surface area contributed by atoms with E-state index in [0.717, 1.165) is 0 Å². The van der Waals surface area contributed by atoms with Crippen molar-refractivity contribution in [3.8, 4) is 5.88 Å². The Morgan fingerprint density at radius 1 is 1.40 bits per heavy atom. The van der Waals surface area contributed by atoms with Gasteiger partial charge in [0.15, 0.2) is 5.69 Å². The molecule has 0 radical (unpaired) electrons. The Labute approximate surface area is 56.3 Å². The third-order valence-electron chi connectivity index (χ3n) is 1.02. The second-order valence-electron chi connectivity index (χ2n) is 1.63. The van der Waals surface area contributed by atoms with Crippen LogP contribution < -0.4 is 4.89 Å².